The third kappa shape index (κ3) is 2.70. The Bertz CT molecular complexity index is 602. The van der Waals surface area contributed by atoms with Crippen molar-refractivity contribution in [3.05, 3.63) is 57.6 Å². The maximum absolute atomic E-state index is 10.6. The number of halogens is 1. The van der Waals surface area contributed by atoms with Gasteiger partial charge in [0, 0.05) is 22.8 Å². The largest absolute Gasteiger partial charge is 0.397 e. The van der Waals surface area contributed by atoms with Gasteiger partial charge < -0.3 is 11.1 Å². The first-order chi connectivity index (χ1) is 8.56. The van der Waals surface area contributed by atoms with E-state index in [9.17, 15) is 10.1 Å². The first kappa shape index (κ1) is 12.2. The summed E-state index contributed by atoms with van der Waals surface area (Å²) in [5, 5.41) is 14.2. The highest BCUT2D eigenvalue weighted by Crippen LogP contribution is 2.27. The predicted molar refractivity (Wildman–Crippen MR) is 72.2 cm³/mol. The van der Waals surface area contributed by atoms with Crippen LogP contribution in [0.25, 0.3) is 0 Å². The molecule has 0 aliphatic rings. The van der Waals surface area contributed by atoms with Gasteiger partial charge >= 0.3 is 0 Å². The minimum absolute atomic E-state index is 0.0378. The van der Waals surface area contributed by atoms with E-state index in [1.807, 2.05) is 6.07 Å². The zero-order valence-corrected chi connectivity index (χ0v) is 10.0. The Morgan fingerprint density at radius 3 is 2.61 bits per heavy atom. The van der Waals surface area contributed by atoms with Gasteiger partial charge in [0.05, 0.1) is 16.3 Å². The Labute approximate surface area is 108 Å². The van der Waals surface area contributed by atoms with Crippen LogP contribution in [0, 0.1) is 10.1 Å². The van der Waals surface area contributed by atoms with Gasteiger partial charge in [-0.05, 0) is 24.3 Å². The fraction of sp³-hybridized carbons (Fsp3) is 0. The number of nitrogens with zero attached hydrogens (tertiary/aromatic N) is 1. The number of nitrogens with two attached hydrogens (primary N) is 1. The maximum atomic E-state index is 10.6. The number of benzene rings is 2. The van der Waals surface area contributed by atoms with E-state index in [-0.39, 0.29) is 5.69 Å². The Morgan fingerprint density at radius 2 is 2.00 bits per heavy atom. The van der Waals surface area contributed by atoms with Crippen molar-refractivity contribution in [1.29, 1.82) is 0 Å². The number of nitro groups is 1. The van der Waals surface area contributed by atoms with E-state index in [1.54, 1.807) is 24.3 Å². The number of rotatable bonds is 3. The van der Waals surface area contributed by atoms with Crippen LogP contribution in [-0.2, 0) is 0 Å². The molecule has 0 fully saturated rings. The van der Waals surface area contributed by atoms with Gasteiger partial charge in [0.25, 0.3) is 5.69 Å². The molecular weight excluding hydrogens is 254 g/mol. The second-order valence-corrected chi connectivity index (χ2v) is 4.10. The molecule has 0 aliphatic heterocycles. The number of anilines is 3. The summed E-state index contributed by atoms with van der Waals surface area (Å²) in [6, 6.07) is 11.4. The van der Waals surface area contributed by atoms with Crippen LogP contribution in [0.3, 0.4) is 0 Å². The highest BCUT2D eigenvalue weighted by Gasteiger charge is 2.08. The third-order valence-electron chi connectivity index (χ3n) is 2.35. The molecule has 0 amide bonds. The van der Waals surface area contributed by atoms with E-state index in [4.69, 9.17) is 17.3 Å². The Hall–Kier alpha value is -2.27. The Morgan fingerprint density at radius 1 is 1.22 bits per heavy atom. The molecule has 0 atom stereocenters. The van der Waals surface area contributed by atoms with Crippen molar-refractivity contribution in [3.63, 3.8) is 0 Å². The first-order valence-corrected chi connectivity index (χ1v) is 5.50. The number of hydrogen-bond acceptors (Lipinski definition) is 4. The van der Waals surface area contributed by atoms with Crippen LogP contribution in [-0.4, -0.2) is 4.92 Å². The summed E-state index contributed by atoms with van der Waals surface area (Å²) in [5.74, 6) is 0. The van der Waals surface area contributed by atoms with Gasteiger partial charge in [-0.1, -0.05) is 17.7 Å². The molecule has 2 rings (SSSR count). The monoisotopic (exact) mass is 263 g/mol. The number of nitro benzene ring substituents is 1. The molecule has 92 valence electrons. The van der Waals surface area contributed by atoms with Crippen molar-refractivity contribution in [2.75, 3.05) is 11.1 Å². The molecule has 5 nitrogen and oxygen atoms in total. The van der Waals surface area contributed by atoms with E-state index in [1.165, 1.54) is 12.1 Å². The van der Waals surface area contributed by atoms with Crippen molar-refractivity contribution >= 4 is 34.4 Å². The number of hydrogen-bond donors (Lipinski definition) is 2. The molecule has 6 heteroatoms. The van der Waals surface area contributed by atoms with Gasteiger partial charge in [0.15, 0.2) is 0 Å². The summed E-state index contributed by atoms with van der Waals surface area (Å²) in [7, 11) is 0. The molecule has 0 unspecified atom stereocenters. The van der Waals surface area contributed by atoms with Gasteiger partial charge in [0.2, 0.25) is 0 Å². The van der Waals surface area contributed by atoms with Crippen LogP contribution >= 0.6 is 11.6 Å². The van der Waals surface area contributed by atoms with Crippen LogP contribution in [0.5, 0.6) is 0 Å². The van der Waals surface area contributed by atoms with Crippen LogP contribution in [0.2, 0.25) is 5.02 Å². The number of nitrogens with one attached hydrogen (secondary N) is 1. The molecule has 3 N–H and O–H groups in total. The molecule has 18 heavy (non-hydrogen) atoms. The Balaban J connectivity index is 2.27. The first-order valence-electron chi connectivity index (χ1n) is 5.13. The molecular formula is C12H10ClN3O2. The fourth-order valence-corrected chi connectivity index (χ4v) is 1.69. The minimum atomic E-state index is -0.487. The number of nitrogen functional groups attached to an aromatic ring is 1. The van der Waals surface area contributed by atoms with Crippen LogP contribution in [0.4, 0.5) is 22.7 Å². The van der Waals surface area contributed by atoms with Crippen molar-refractivity contribution in [2.45, 2.75) is 0 Å². The van der Waals surface area contributed by atoms with Gasteiger partial charge in [-0.2, -0.15) is 0 Å². The van der Waals surface area contributed by atoms with E-state index < -0.39 is 4.92 Å². The summed E-state index contributed by atoms with van der Waals surface area (Å²) in [6.45, 7) is 0. The van der Waals surface area contributed by atoms with Gasteiger partial charge in [-0.3, -0.25) is 10.1 Å². The molecule has 0 radical (unpaired) electrons. The molecule has 0 heterocycles. The summed E-state index contributed by atoms with van der Waals surface area (Å²) in [4.78, 5) is 10.1. The molecule has 0 spiro atoms. The van der Waals surface area contributed by atoms with Crippen molar-refractivity contribution in [1.82, 2.24) is 0 Å². The zero-order valence-electron chi connectivity index (χ0n) is 9.26. The second kappa shape index (κ2) is 4.93. The van der Waals surface area contributed by atoms with Crippen molar-refractivity contribution in [2.24, 2.45) is 0 Å². The molecule has 2 aromatic carbocycles. The summed E-state index contributed by atoms with van der Waals surface area (Å²) < 4.78 is 0. The SMILES string of the molecule is Nc1cc([N+](=O)[O-])ccc1Nc1cccc(Cl)c1. The summed E-state index contributed by atoms with van der Waals surface area (Å²) in [6.07, 6.45) is 0. The zero-order chi connectivity index (χ0) is 13.1. The number of non-ortho nitro benzene ring substituents is 1. The maximum Gasteiger partial charge on any atom is 0.271 e. The topological polar surface area (TPSA) is 81.2 Å². The Kier molecular flexibility index (Phi) is 3.34. The van der Waals surface area contributed by atoms with Crippen molar-refractivity contribution < 1.29 is 4.92 Å². The lowest BCUT2D eigenvalue weighted by Crippen LogP contribution is -1.97. The molecule has 0 saturated carbocycles. The lowest BCUT2D eigenvalue weighted by atomic mass is 10.2. The van der Waals surface area contributed by atoms with E-state index in [2.05, 4.69) is 5.32 Å². The van der Waals surface area contributed by atoms with Crippen LogP contribution in [0.1, 0.15) is 0 Å². The second-order valence-electron chi connectivity index (χ2n) is 3.66. The van der Waals surface area contributed by atoms with Gasteiger partial charge in [-0.15, -0.1) is 0 Å². The van der Waals surface area contributed by atoms with Crippen LogP contribution in [0.15, 0.2) is 42.5 Å². The minimum Gasteiger partial charge on any atom is -0.397 e. The lowest BCUT2D eigenvalue weighted by molar-refractivity contribution is -0.384. The highest BCUT2D eigenvalue weighted by molar-refractivity contribution is 6.30. The standard InChI is InChI=1S/C12H10ClN3O2/c13-8-2-1-3-9(6-8)15-12-5-4-10(16(17)18)7-11(12)14/h1-7,15H,14H2. The normalized spacial score (nSPS) is 10.1. The summed E-state index contributed by atoms with van der Waals surface area (Å²) >= 11 is 5.86. The average molecular weight is 264 g/mol. The third-order valence-corrected chi connectivity index (χ3v) is 2.58. The van der Waals surface area contributed by atoms with E-state index >= 15 is 0 Å². The predicted octanol–water partition coefficient (Wildman–Crippen LogP) is 3.57. The molecule has 0 aliphatic carbocycles. The van der Waals surface area contributed by atoms with Gasteiger partial charge in [-0.25, -0.2) is 0 Å². The molecule has 0 bridgehead atoms. The highest BCUT2D eigenvalue weighted by atomic mass is 35.5. The van der Waals surface area contributed by atoms with Gasteiger partial charge in [0.1, 0.15) is 0 Å². The summed E-state index contributed by atoms with van der Waals surface area (Å²) in [5.41, 5.74) is 7.38. The van der Waals surface area contributed by atoms with Crippen molar-refractivity contribution in [3.8, 4) is 0 Å². The quantitative estimate of drug-likeness (QED) is 0.504. The molecule has 0 aromatic heterocycles. The van der Waals surface area contributed by atoms with E-state index in [0.29, 0.717) is 16.4 Å². The smallest absolute Gasteiger partial charge is 0.271 e. The molecule has 2 aromatic rings. The average Bonchev–Trinajstić information content (AvgIpc) is 2.31. The molecule has 0 saturated heterocycles. The lowest BCUT2D eigenvalue weighted by Gasteiger charge is -2.09. The van der Waals surface area contributed by atoms with E-state index in [0.717, 1.165) is 5.69 Å². The fourth-order valence-electron chi connectivity index (χ4n) is 1.50. The van der Waals surface area contributed by atoms with Crippen LogP contribution < -0.4 is 11.1 Å².